The van der Waals surface area contributed by atoms with Gasteiger partial charge in [0.25, 0.3) is 0 Å². The predicted molar refractivity (Wildman–Crippen MR) is 75.5 cm³/mol. The van der Waals surface area contributed by atoms with E-state index in [9.17, 15) is 4.79 Å². The molecule has 1 saturated heterocycles. The number of hydrogen-bond acceptors (Lipinski definition) is 4. The molecule has 1 aliphatic carbocycles. The van der Waals surface area contributed by atoms with E-state index in [1.165, 1.54) is 37.2 Å². The van der Waals surface area contributed by atoms with Crippen molar-refractivity contribution in [3.8, 4) is 0 Å². The van der Waals surface area contributed by atoms with Gasteiger partial charge < -0.3 is 4.74 Å². The normalized spacial score (nSPS) is 27.2. The third kappa shape index (κ3) is 3.34. The topological polar surface area (TPSA) is 26.3 Å². The highest BCUT2D eigenvalue weighted by Gasteiger charge is 2.44. The van der Waals surface area contributed by atoms with E-state index in [0.717, 1.165) is 12.3 Å². The lowest BCUT2D eigenvalue weighted by molar-refractivity contribution is -0.143. The van der Waals surface area contributed by atoms with Crippen LogP contribution in [0.25, 0.3) is 0 Å². The number of carbonyl (C=O) groups excluding carboxylic acids is 1. The van der Waals surface area contributed by atoms with Gasteiger partial charge in [0.1, 0.15) is 0 Å². The molecule has 2 nitrogen and oxygen atoms in total. The van der Waals surface area contributed by atoms with E-state index in [4.69, 9.17) is 4.74 Å². The molecule has 0 radical (unpaired) electrons. The van der Waals surface area contributed by atoms with Crippen molar-refractivity contribution in [3.63, 3.8) is 0 Å². The summed E-state index contributed by atoms with van der Waals surface area (Å²) in [4.78, 5) is 11.5. The molecule has 0 aromatic heterocycles. The summed E-state index contributed by atoms with van der Waals surface area (Å²) in [7, 11) is 0. The molecule has 2 fully saturated rings. The second kappa shape index (κ2) is 6.37. The Balaban J connectivity index is 1.86. The molecule has 2 aliphatic rings. The van der Waals surface area contributed by atoms with Gasteiger partial charge in [-0.05, 0) is 32.1 Å². The molecule has 2 rings (SSSR count). The first kappa shape index (κ1) is 13.6. The summed E-state index contributed by atoms with van der Waals surface area (Å²) >= 11 is 4.30. The first-order valence-corrected chi connectivity index (χ1v) is 8.67. The van der Waals surface area contributed by atoms with Gasteiger partial charge in [-0.2, -0.15) is 0 Å². The van der Waals surface area contributed by atoms with Crippen LogP contribution >= 0.6 is 23.5 Å². The number of rotatable bonds is 4. The van der Waals surface area contributed by atoms with E-state index in [2.05, 4.69) is 23.5 Å². The lowest BCUT2D eigenvalue weighted by atomic mass is 9.85. The van der Waals surface area contributed by atoms with Gasteiger partial charge >= 0.3 is 5.97 Å². The average molecular weight is 274 g/mol. The van der Waals surface area contributed by atoms with E-state index in [-0.39, 0.29) is 5.97 Å². The lowest BCUT2D eigenvalue weighted by Gasteiger charge is -2.40. The van der Waals surface area contributed by atoms with Gasteiger partial charge in [-0.25, -0.2) is 0 Å². The summed E-state index contributed by atoms with van der Waals surface area (Å²) < 4.78 is 5.48. The Morgan fingerprint density at radius 1 is 1.35 bits per heavy atom. The van der Waals surface area contributed by atoms with Gasteiger partial charge in [-0.15, -0.1) is 23.5 Å². The second-order valence-corrected chi connectivity index (χ2v) is 7.90. The third-order valence-corrected chi connectivity index (χ3v) is 7.56. The predicted octanol–water partition coefficient (Wildman–Crippen LogP) is 3.70. The van der Waals surface area contributed by atoms with Gasteiger partial charge in [-0.3, -0.25) is 4.79 Å². The van der Waals surface area contributed by atoms with E-state index in [0.29, 0.717) is 17.1 Å². The van der Waals surface area contributed by atoms with Crippen molar-refractivity contribution in [2.75, 3.05) is 18.1 Å². The van der Waals surface area contributed by atoms with Crippen LogP contribution in [0.3, 0.4) is 0 Å². The van der Waals surface area contributed by atoms with Gasteiger partial charge in [0.15, 0.2) is 0 Å². The van der Waals surface area contributed by atoms with Gasteiger partial charge in [-0.1, -0.05) is 12.8 Å². The fraction of sp³-hybridized carbons (Fsp3) is 0.923. The third-order valence-electron chi connectivity index (χ3n) is 3.73. The van der Waals surface area contributed by atoms with Crippen LogP contribution in [-0.2, 0) is 9.53 Å². The zero-order valence-corrected chi connectivity index (χ0v) is 12.2. The van der Waals surface area contributed by atoms with Gasteiger partial charge in [0.05, 0.1) is 10.7 Å². The Morgan fingerprint density at radius 2 is 2.12 bits per heavy atom. The van der Waals surface area contributed by atoms with Gasteiger partial charge in [0, 0.05) is 17.9 Å². The summed E-state index contributed by atoms with van der Waals surface area (Å²) in [6, 6.07) is 0. The summed E-state index contributed by atoms with van der Waals surface area (Å²) in [5.74, 6) is 3.29. The minimum absolute atomic E-state index is 0.0128. The molecule has 17 heavy (non-hydrogen) atoms. The first-order valence-electron chi connectivity index (χ1n) is 6.70. The highest BCUT2D eigenvalue weighted by molar-refractivity contribution is 8.21. The largest absolute Gasteiger partial charge is 0.466 e. The van der Waals surface area contributed by atoms with Crippen LogP contribution in [0, 0.1) is 5.92 Å². The highest BCUT2D eigenvalue weighted by Crippen LogP contribution is 2.57. The summed E-state index contributed by atoms with van der Waals surface area (Å²) in [5.41, 5.74) is 0. The molecule has 0 aromatic rings. The number of hydrogen-bond donors (Lipinski definition) is 0. The Bertz CT molecular complexity index is 262. The van der Waals surface area contributed by atoms with Crippen LogP contribution in [0.4, 0.5) is 0 Å². The second-order valence-electron chi connectivity index (χ2n) is 4.80. The molecule has 1 saturated carbocycles. The highest BCUT2D eigenvalue weighted by atomic mass is 32.2. The number of ether oxygens (including phenoxy) is 1. The van der Waals surface area contributed by atoms with Crippen molar-refractivity contribution in [2.24, 2.45) is 5.92 Å². The van der Waals surface area contributed by atoms with E-state index >= 15 is 0 Å². The lowest BCUT2D eigenvalue weighted by Crippen LogP contribution is -2.33. The maximum atomic E-state index is 11.5. The van der Waals surface area contributed by atoms with Crippen LogP contribution in [0.5, 0.6) is 0 Å². The molecule has 0 amide bonds. The molecular weight excluding hydrogens is 252 g/mol. The zero-order chi connectivity index (χ0) is 12.1. The monoisotopic (exact) mass is 274 g/mol. The Kier molecular flexibility index (Phi) is 5.10. The first-order chi connectivity index (χ1) is 8.27. The van der Waals surface area contributed by atoms with Crippen LogP contribution in [0.15, 0.2) is 0 Å². The molecular formula is C13H22O2S2. The van der Waals surface area contributed by atoms with Crippen LogP contribution < -0.4 is 0 Å². The van der Waals surface area contributed by atoms with E-state index in [1.807, 2.05) is 6.92 Å². The molecule has 98 valence electrons. The van der Waals surface area contributed by atoms with Crippen molar-refractivity contribution in [3.05, 3.63) is 0 Å². The molecule has 1 atom stereocenters. The molecule has 0 N–H and O–H groups in total. The summed E-state index contributed by atoms with van der Waals surface area (Å²) in [6.45, 7) is 2.39. The van der Waals surface area contributed by atoms with E-state index < -0.39 is 0 Å². The molecule has 0 bridgehead atoms. The van der Waals surface area contributed by atoms with Crippen molar-refractivity contribution < 1.29 is 9.53 Å². The number of carbonyl (C=O) groups is 1. The fourth-order valence-corrected chi connectivity index (χ4v) is 6.64. The standard InChI is InChI=1S/C13H22O2S2/c1-2-15-12(14)7-6-11-5-3-4-8-13(11)16-9-10-17-13/h11H,2-10H2,1H3. The van der Waals surface area contributed by atoms with Crippen molar-refractivity contribution >= 4 is 29.5 Å². The molecule has 1 heterocycles. The van der Waals surface area contributed by atoms with Crippen LogP contribution in [0.1, 0.15) is 45.4 Å². The Morgan fingerprint density at radius 3 is 2.82 bits per heavy atom. The van der Waals surface area contributed by atoms with Gasteiger partial charge in [0.2, 0.25) is 0 Å². The maximum Gasteiger partial charge on any atom is 0.305 e. The van der Waals surface area contributed by atoms with Crippen LogP contribution in [0.2, 0.25) is 0 Å². The quantitative estimate of drug-likeness (QED) is 0.730. The SMILES string of the molecule is CCOC(=O)CCC1CCCCC12SCCS2. The summed E-state index contributed by atoms with van der Waals surface area (Å²) in [6.07, 6.45) is 7.00. The number of thioether (sulfide) groups is 2. The van der Waals surface area contributed by atoms with E-state index in [1.54, 1.807) is 0 Å². The molecule has 1 aliphatic heterocycles. The number of esters is 1. The van der Waals surface area contributed by atoms with Crippen molar-refractivity contribution in [1.29, 1.82) is 0 Å². The minimum atomic E-state index is -0.0128. The smallest absolute Gasteiger partial charge is 0.305 e. The van der Waals surface area contributed by atoms with Crippen LogP contribution in [-0.4, -0.2) is 28.2 Å². The summed E-state index contributed by atoms with van der Waals surface area (Å²) in [5, 5.41) is 0. The molecule has 0 aromatic carbocycles. The fourth-order valence-electron chi connectivity index (χ4n) is 2.93. The minimum Gasteiger partial charge on any atom is -0.466 e. The average Bonchev–Trinajstić information content (AvgIpc) is 2.78. The Hall–Kier alpha value is 0.170. The Labute approximate surface area is 113 Å². The van der Waals surface area contributed by atoms with Crippen molar-refractivity contribution in [2.45, 2.75) is 49.5 Å². The molecule has 1 spiro atoms. The zero-order valence-electron chi connectivity index (χ0n) is 10.6. The maximum absolute atomic E-state index is 11.5. The van der Waals surface area contributed by atoms with Crippen molar-refractivity contribution in [1.82, 2.24) is 0 Å². The molecule has 4 heteroatoms. The molecule has 1 unspecified atom stereocenters.